The highest BCUT2D eigenvalue weighted by Crippen LogP contribution is 2.28. The zero-order valence-corrected chi connectivity index (χ0v) is 10.4. The van der Waals surface area contributed by atoms with Crippen LogP contribution in [0.15, 0.2) is 42.5 Å². The summed E-state index contributed by atoms with van der Waals surface area (Å²) in [5, 5.41) is 8.51. The molecule has 0 atom stereocenters. The van der Waals surface area contributed by atoms with E-state index in [0.29, 0.717) is 11.3 Å². The highest BCUT2D eigenvalue weighted by atomic mass is 16.5. The standard InChI is InChI=1S/C15H12N2O2/c1-10-8-11(6-7-14(10)19-9-16)12-4-2-3-5-13(12)15(17)18/h2-8H,1H3,(H2,17,18). The van der Waals surface area contributed by atoms with Crippen molar-refractivity contribution in [1.82, 2.24) is 0 Å². The molecule has 2 rings (SSSR count). The van der Waals surface area contributed by atoms with Gasteiger partial charge in [-0.1, -0.05) is 24.3 Å². The van der Waals surface area contributed by atoms with Crippen LogP contribution in [0.25, 0.3) is 11.1 Å². The van der Waals surface area contributed by atoms with Crippen LogP contribution in [0.3, 0.4) is 0 Å². The molecule has 2 aromatic rings. The number of aryl methyl sites for hydroxylation is 1. The van der Waals surface area contributed by atoms with Crippen LogP contribution in [-0.2, 0) is 0 Å². The molecule has 19 heavy (non-hydrogen) atoms. The Kier molecular flexibility index (Phi) is 3.48. The van der Waals surface area contributed by atoms with Crippen LogP contribution in [0.4, 0.5) is 0 Å². The maximum Gasteiger partial charge on any atom is 0.292 e. The third-order valence-electron chi connectivity index (χ3n) is 2.83. The first kappa shape index (κ1) is 12.7. The van der Waals surface area contributed by atoms with Crippen molar-refractivity contribution in [1.29, 1.82) is 5.26 Å². The number of hydrogen-bond donors (Lipinski definition) is 1. The Labute approximate surface area is 111 Å². The Bertz CT molecular complexity index is 672. The van der Waals surface area contributed by atoms with Crippen LogP contribution in [0.2, 0.25) is 0 Å². The number of nitriles is 1. The summed E-state index contributed by atoms with van der Waals surface area (Å²) >= 11 is 0. The summed E-state index contributed by atoms with van der Waals surface area (Å²) < 4.78 is 4.82. The van der Waals surface area contributed by atoms with E-state index in [-0.39, 0.29) is 0 Å². The lowest BCUT2D eigenvalue weighted by atomic mass is 9.98. The van der Waals surface area contributed by atoms with Gasteiger partial charge in [0.1, 0.15) is 5.75 Å². The quantitative estimate of drug-likeness (QED) is 0.853. The summed E-state index contributed by atoms with van der Waals surface area (Å²) in [4.78, 5) is 11.4. The van der Waals surface area contributed by atoms with Crippen LogP contribution in [0.5, 0.6) is 5.75 Å². The van der Waals surface area contributed by atoms with Gasteiger partial charge in [0.05, 0.1) is 0 Å². The number of nitrogens with zero attached hydrogens (tertiary/aromatic N) is 1. The van der Waals surface area contributed by atoms with Crippen molar-refractivity contribution in [2.24, 2.45) is 5.73 Å². The molecule has 0 unspecified atom stereocenters. The van der Waals surface area contributed by atoms with Gasteiger partial charge >= 0.3 is 0 Å². The molecule has 0 saturated heterocycles. The molecule has 0 bridgehead atoms. The molecule has 0 saturated carbocycles. The molecule has 0 spiro atoms. The molecule has 2 aromatic carbocycles. The number of primary amides is 1. The molecule has 0 aromatic heterocycles. The van der Waals surface area contributed by atoms with E-state index in [0.717, 1.165) is 16.7 Å². The molecule has 1 amide bonds. The maximum atomic E-state index is 11.4. The van der Waals surface area contributed by atoms with Crippen molar-refractivity contribution in [2.75, 3.05) is 0 Å². The van der Waals surface area contributed by atoms with Crippen LogP contribution < -0.4 is 10.5 Å². The Hall–Kier alpha value is -2.80. The number of ether oxygens (including phenoxy) is 1. The average Bonchev–Trinajstić information content (AvgIpc) is 2.41. The molecule has 0 radical (unpaired) electrons. The predicted octanol–water partition coefficient (Wildman–Crippen LogP) is 2.62. The molecule has 0 fully saturated rings. The van der Waals surface area contributed by atoms with Gasteiger partial charge in [0.2, 0.25) is 5.91 Å². The fourth-order valence-electron chi connectivity index (χ4n) is 1.93. The number of hydrogen-bond acceptors (Lipinski definition) is 3. The molecular formula is C15H12N2O2. The third kappa shape index (κ3) is 2.55. The SMILES string of the molecule is Cc1cc(-c2ccccc2C(N)=O)ccc1OC#N. The molecular weight excluding hydrogens is 240 g/mol. The monoisotopic (exact) mass is 252 g/mol. The second-order valence-corrected chi connectivity index (χ2v) is 4.08. The van der Waals surface area contributed by atoms with Crippen LogP contribution in [0, 0.1) is 18.4 Å². The van der Waals surface area contributed by atoms with E-state index >= 15 is 0 Å². The summed E-state index contributed by atoms with van der Waals surface area (Å²) in [6.07, 6.45) is 1.64. The molecule has 2 N–H and O–H groups in total. The smallest absolute Gasteiger partial charge is 0.292 e. The van der Waals surface area contributed by atoms with E-state index in [1.165, 1.54) is 0 Å². The molecule has 0 aliphatic carbocycles. The molecule has 4 heteroatoms. The average molecular weight is 252 g/mol. The number of rotatable bonds is 3. The second kappa shape index (κ2) is 5.23. The zero-order chi connectivity index (χ0) is 13.8. The number of carbonyl (C=O) groups excluding carboxylic acids is 1. The van der Waals surface area contributed by atoms with Crippen molar-refractivity contribution in [3.63, 3.8) is 0 Å². The first-order chi connectivity index (χ1) is 9.13. The van der Waals surface area contributed by atoms with Gasteiger partial charge in [-0.05, 0) is 41.8 Å². The lowest BCUT2D eigenvalue weighted by molar-refractivity contribution is 0.100. The molecule has 0 aliphatic rings. The Morgan fingerprint density at radius 3 is 2.63 bits per heavy atom. The fraction of sp³-hybridized carbons (Fsp3) is 0.0667. The third-order valence-corrected chi connectivity index (χ3v) is 2.83. The predicted molar refractivity (Wildman–Crippen MR) is 71.4 cm³/mol. The molecule has 0 aliphatic heterocycles. The van der Waals surface area contributed by atoms with E-state index in [1.54, 1.807) is 30.5 Å². The van der Waals surface area contributed by atoms with E-state index in [2.05, 4.69) is 0 Å². The Morgan fingerprint density at radius 1 is 1.26 bits per heavy atom. The van der Waals surface area contributed by atoms with Crippen LogP contribution in [0.1, 0.15) is 15.9 Å². The Balaban J connectivity index is 2.52. The highest BCUT2D eigenvalue weighted by molar-refractivity contribution is 5.99. The second-order valence-electron chi connectivity index (χ2n) is 4.08. The van der Waals surface area contributed by atoms with Gasteiger partial charge in [-0.25, -0.2) is 0 Å². The summed E-state index contributed by atoms with van der Waals surface area (Å²) in [5.41, 5.74) is 8.27. The lowest BCUT2D eigenvalue weighted by Crippen LogP contribution is -2.12. The van der Waals surface area contributed by atoms with Crippen molar-refractivity contribution in [2.45, 2.75) is 6.92 Å². The zero-order valence-electron chi connectivity index (χ0n) is 10.4. The summed E-state index contributed by atoms with van der Waals surface area (Å²) in [7, 11) is 0. The van der Waals surface area contributed by atoms with E-state index in [9.17, 15) is 4.79 Å². The van der Waals surface area contributed by atoms with Gasteiger partial charge in [0, 0.05) is 5.56 Å². The molecule has 4 nitrogen and oxygen atoms in total. The first-order valence-corrected chi connectivity index (χ1v) is 5.69. The summed E-state index contributed by atoms with van der Waals surface area (Å²) in [6, 6.07) is 12.5. The number of carbonyl (C=O) groups is 1. The minimum atomic E-state index is -0.467. The van der Waals surface area contributed by atoms with E-state index < -0.39 is 5.91 Å². The van der Waals surface area contributed by atoms with E-state index in [4.69, 9.17) is 15.7 Å². The van der Waals surface area contributed by atoms with Gasteiger partial charge in [0.15, 0.2) is 0 Å². The van der Waals surface area contributed by atoms with Crippen molar-refractivity contribution >= 4 is 5.91 Å². The van der Waals surface area contributed by atoms with Gasteiger partial charge in [-0.2, -0.15) is 0 Å². The lowest BCUT2D eigenvalue weighted by Gasteiger charge is -2.09. The maximum absolute atomic E-state index is 11.4. The molecule has 0 heterocycles. The van der Waals surface area contributed by atoms with Gasteiger partial charge in [0.25, 0.3) is 6.26 Å². The molecule has 94 valence electrons. The largest absolute Gasteiger partial charge is 0.388 e. The Morgan fingerprint density at radius 2 is 2.00 bits per heavy atom. The minimum Gasteiger partial charge on any atom is -0.388 e. The fourth-order valence-corrected chi connectivity index (χ4v) is 1.93. The number of benzene rings is 2. The van der Waals surface area contributed by atoms with Crippen LogP contribution >= 0.6 is 0 Å². The number of amides is 1. The van der Waals surface area contributed by atoms with Gasteiger partial charge in [-0.15, -0.1) is 5.26 Å². The van der Waals surface area contributed by atoms with Crippen LogP contribution in [-0.4, -0.2) is 5.91 Å². The van der Waals surface area contributed by atoms with Crippen molar-refractivity contribution in [3.05, 3.63) is 53.6 Å². The first-order valence-electron chi connectivity index (χ1n) is 5.69. The normalized spacial score (nSPS) is 9.68. The topological polar surface area (TPSA) is 76.1 Å². The minimum absolute atomic E-state index is 0.467. The highest BCUT2D eigenvalue weighted by Gasteiger charge is 2.10. The number of nitrogens with two attached hydrogens (primary N) is 1. The van der Waals surface area contributed by atoms with Crippen molar-refractivity contribution < 1.29 is 9.53 Å². The van der Waals surface area contributed by atoms with Gasteiger partial charge < -0.3 is 10.5 Å². The van der Waals surface area contributed by atoms with Crippen molar-refractivity contribution in [3.8, 4) is 23.1 Å². The van der Waals surface area contributed by atoms with Gasteiger partial charge in [-0.3, -0.25) is 4.79 Å². The summed E-state index contributed by atoms with van der Waals surface area (Å²) in [5.74, 6) is 0.0356. The summed E-state index contributed by atoms with van der Waals surface area (Å²) in [6.45, 7) is 1.84. The van der Waals surface area contributed by atoms with E-state index in [1.807, 2.05) is 25.1 Å².